The summed E-state index contributed by atoms with van der Waals surface area (Å²) in [5.74, 6) is -0.779. The molecule has 2 amide bonds. The molecule has 1 heterocycles. The Morgan fingerprint density at radius 1 is 1.21 bits per heavy atom. The molecule has 28 heavy (non-hydrogen) atoms. The third kappa shape index (κ3) is 3.77. The molecule has 1 N–H and O–H groups in total. The van der Waals surface area contributed by atoms with E-state index < -0.39 is 15.9 Å². The maximum absolute atomic E-state index is 13.3. The van der Waals surface area contributed by atoms with Gasteiger partial charge in [0, 0.05) is 16.8 Å². The standard InChI is InChI=1S/C20H21ClN2O4S/c1-4-12(2)18-19(24)22-16-11-15(28(3,26)27)9-10-17(16)23(18)20(25)13-5-7-14(21)8-6-13/h5-12,18H,4H2,1-3H3,(H,22,24). The Labute approximate surface area is 169 Å². The Hall–Kier alpha value is -2.38. The fourth-order valence-electron chi connectivity index (χ4n) is 3.23. The van der Waals surface area contributed by atoms with E-state index in [1.165, 1.54) is 17.0 Å². The lowest BCUT2D eigenvalue weighted by molar-refractivity contribution is -0.118. The van der Waals surface area contributed by atoms with Crippen LogP contribution in [0.4, 0.5) is 11.4 Å². The van der Waals surface area contributed by atoms with Crippen LogP contribution in [-0.4, -0.2) is 32.5 Å². The highest BCUT2D eigenvalue weighted by atomic mass is 35.5. The molecule has 0 radical (unpaired) electrons. The van der Waals surface area contributed by atoms with Crippen molar-refractivity contribution in [3.63, 3.8) is 0 Å². The van der Waals surface area contributed by atoms with Crippen molar-refractivity contribution in [2.75, 3.05) is 16.5 Å². The third-order valence-electron chi connectivity index (χ3n) is 4.95. The molecule has 1 aliphatic rings. The van der Waals surface area contributed by atoms with Crippen LogP contribution in [0.5, 0.6) is 0 Å². The van der Waals surface area contributed by atoms with E-state index >= 15 is 0 Å². The van der Waals surface area contributed by atoms with Crippen molar-refractivity contribution >= 4 is 44.6 Å². The molecule has 0 fully saturated rings. The number of benzene rings is 2. The second-order valence-electron chi connectivity index (χ2n) is 6.95. The topological polar surface area (TPSA) is 83.6 Å². The molecule has 2 unspecified atom stereocenters. The number of anilines is 2. The Morgan fingerprint density at radius 3 is 2.43 bits per heavy atom. The van der Waals surface area contributed by atoms with E-state index in [9.17, 15) is 18.0 Å². The van der Waals surface area contributed by atoms with Gasteiger partial charge in [-0.25, -0.2) is 8.42 Å². The van der Waals surface area contributed by atoms with Crippen LogP contribution in [-0.2, 0) is 14.6 Å². The van der Waals surface area contributed by atoms with Crippen molar-refractivity contribution in [3.05, 3.63) is 53.1 Å². The molecule has 148 valence electrons. The number of nitrogens with one attached hydrogen (secondary N) is 1. The Morgan fingerprint density at radius 2 is 1.86 bits per heavy atom. The lowest BCUT2D eigenvalue weighted by Crippen LogP contribution is -2.54. The number of nitrogens with zero attached hydrogens (tertiary/aromatic N) is 1. The van der Waals surface area contributed by atoms with Crippen LogP contribution >= 0.6 is 11.6 Å². The van der Waals surface area contributed by atoms with Crippen molar-refractivity contribution in [2.24, 2.45) is 5.92 Å². The third-order valence-corrected chi connectivity index (χ3v) is 6.32. The number of hydrogen-bond acceptors (Lipinski definition) is 4. The molecule has 8 heteroatoms. The lowest BCUT2D eigenvalue weighted by atomic mass is 9.93. The average Bonchev–Trinajstić information content (AvgIpc) is 2.65. The molecule has 2 atom stereocenters. The SMILES string of the molecule is CCC(C)C1C(=O)Nc2cc(S(C)(=O)=O)ccc2N1C(=O)c1ccc(Cl)cc1. The second kappa shape index (κ2) is 7.56. The van der Waals surface area contributed by atoms with Gasteiger partial charge in [-0.2, -0.15) is 0 Å². The van der Waals surface area contributed by atoms with Gasteiger partial charge in [0.15, 0.2) is 9.84 Å². The van der Waals surface area contributed by atoms with Crippen LogP contribution in [0.3, 0.4) is 0 Å². The van der Waals surface area contributed by atoms with E-state index in [1.807, 2.05) is 13.8 Å². The van der Waals surface area contributed by atoms with Crippen molar-refractivity contribution < 1.29 is 18.0 Å². The van der Waals surface area contributed by atoms with Gasteiger partial charge in [0.05, 0.1) is 16.3 Å². The number of hydrogen-bond donors (Lipinski definition) is 1. The fraction of sp³-hybridized carbons (Fsp3) is 0.300. The number of amides is 2. The van der Waals surface area contributed by atoms with E-state index in [-0.39, 0.29) is 22.6 Å². The number of carbonyl (C=O) groups excluding carboxylic acids is 2. The van der Waals surface area contributed by atoms with Gasteiger partial charge in [-0.15, -0.1) is 0 Å². The minimum absolute atomic E-state index is 0.0763. The van der Waals surface area contributed by atoms with E-state index in [1.54, 1.807) is 30.3 Å². The molecule has 2 aromatic rings. The molecule has 0 bridgehead atoms. The highest BCUT2D eigenvalue weighted by molar-refractivity contribution is 7.90. The van der Waals surface area contributed by atoms with E-state index in [0.29, 0.717) is 28.4 Å². The molecule has 1 aliphatic heterocycles. The summed E-state index contributed by atoms with van der Waals surface area (Å²) in [6, 6.07) is 10.1. The first kappa shape index (κ1) is 20.4. The maximum atomic E-state index is 13.3. The van der Waals surface area contributed by atoms with E-state index in [2.05, 4.69) is 5.32 Å². The molecule has 0 saturated heterocycles. The van der Waals surface area contributed by atoms with Gasteiger partial charge in [0.2, 0.25) is 5.91 Å². The molecule has 6 nitrogen and oxygen atoms in total. The predicted octanol–water partition coefficient (Wildman–Crippen LogP) is 3.76. The molecule has 0 saturated carbocycles. The largest absolute Gasteiger partial charge is 0.322 e. The molecule has 0 aromatic heterocycles. The van der Waals surface area contributed by atoms with Crippen molar-refractivity contribution in [1.82, 2.24) is 0 Å². The lowest BCUT2D eigenvalue weighted by Gasteiger charge is -2.39. The summed E-state index contributed by atoms with van der Waals surface area (Å²) in [6.45, 7) is 3.85. The first-order chi connectivity index (χ1) is 13.1. The number of fused-ring (bicyclic) bond motifs is 1. The molecular formula is C20H21ClN2O4S. The second-order valence-corrected chi connectivity index (χ2v) is 9.40. The van der Waals surface area contributed by atoms with Crippen LogP contribution in [0.15, 0.2) is 47.4 Å². The fourth-order valence-corrected chi connectivity index (χ4v) is 4.01. The number of sulfone groups is 1. The monoisotopic (exact) mass is 420 g/mol. The van der Waals surface area contributed by atoms with Gasteiger partial charge in [-0.1, -0.05) is 31.9 Å². The average molecular weight is 421 g/mol. The molecule has 2 aromatic carbocycles. The summed E-state index contributed by atoms with van der Waals surface area (Å²) in [7, 11) is -3.45. The maximum Gasteiger partial charge on any atom is 0.259 e. The summed E-state index contributed by atoms with van der Waals surface area (Å²) in [6.07, 6.45) is 1.79. The minimum atomic E-state index is -3.45. The molecule has 0 aliphatic carbocycles. The van der Waals surface area contributed by atoms with Crippen molar-refractivity contribution in [2.45, 2.75) is 31.2 Å². The summed E-state index contributed by atoms with van der Waals surface area (Å²) in [5.41, 5.74) is 1.16. The Bertz CT molecular complexity index is 1030. The zero-order valence-corrected chi connectivity index (χ0v) is 17.3. The first-order valence-electron chi connectivity index (χ1n) is 8.87. The van der Waals surface area contributed by atoms with Crippen LogP contribution in [0, 0.1) is 5.92 Å². The van der Waals surface area contributed by atoms with Gasteiger partial charge in [-0.05, 0) is 48.4 Å². The van der Waals surface area contributed by atoms with Gasteiger partial charge < -0.3 is 5.32 Å². The zero-order chi connectivity index (χ0) is 20.6. The molecular weight excluding hydrogens is 400 g/mol. The van der Waals surface area contributed by atoms with E-state index in [0.717, 1.165) is 6.26 Å². The van der Waals surface area contributed by atoms with Gasteiger partial charge in [-0.3, -0.25) is 14.5 Å². The van der Waals surface area contributed by atoms with Crippen LogP contribution in [0.2, 0.25) is 5.02 Å². The summed E-state index contributed by atoms with van der Waals surface area (Å²) in [4.78, 5) is 27.7. The number of rotatable bonds is 4. The summed E-state index contributed by atoms with van der Waals surface area (Å²) < 4.78 is 23.8. The summed E-state index contributed by atoms with van der Waals surface area (Å²) >= 11 is 5.92. The number of carbonyl (C=O) groups is 2. The highest BCUT2D eigenvalue weighted by Gasteiger charge is 2.40. The van der Waals surface area contributed by atoms with Gasteiger partial charge >= 0.3 is 0 Å². The predicted molar refractivity (Wildman–Crippen MR) is 110 cm³/mol. The quantitative estimate of drug-likeness (QED) is 0.816. The highest BCUT2D eigenvalue weighted by Crippen LogP contribution is 2.37. The minimum Gasteiger partial charge on any atom is -0.322 e. The Balaban J connectivity index is 2.16. The molecule has 3 rings (SSSR count). The van der Waals surface area contributed by atoms with E-state index in [4.69, 9.17) is 11.6 Å². The van der Waals surface area contributed by atoms with Crippen LogP contribution in [0.25, 0.3) is 0 Å². The first-order valence-corrected chi connectivity index (χ1v) is 11.1. The smallest absolute Gasteiger partial charge is 0.259 e. The summed E-state index contributed by atoms with van der Waals surface area (Å²) in [5, 5.41) is 3.27. The normalized spacial score (nSPS) is 17.6. The van der Waals surface area contributed by atoms with Gasteiger partial charge in [0.25, 0.3) is 5.91 Å². The van der Waals surface area contributed by atoms with Crippen LogP contribution < -0.4 is 10.2 Å². The number of halogens is 1. The zero-order valence-electron chi connectivity index (χ0n) is 15.8. The van der Waals surface area contributed by atoms with Crippen molar-refractivity contribution in [1.29, 1.82) is 0 Å². The van der Waals surface area contributed by atoms with Gasteiger partial charge in [0.1, 0.15) is 6.04 Å². The van der Waals surface area contributed by atoms with Crippen molar-refractivity contribution in [3.8, 4) is 0 Å². The van der Waals surface area contributed by atoms with Crippen LogP contribution in [0.1, 0.15) is 30.6 Å². The Kier molecular flexibility index (Phi) is 5.50. The molecule has 0 spiro atoms.